The molecule has 8 nitrogen and oxygen atoms in total. The minimum Gasteiger partial charge on any atom is -0.504 e. The molecule has 8 heteroatoms. The molecule has 148 valence electrons. The Kier molecular flexibility index (Phi) is 6.86. The minimum absolute atomic E-state index is 0.0479. The second-order valence-corrected chi connectivity index (χ2v) is 5.92. The lowest BCUT2D eigenvalue weighted by Gasteiger charge is -2.16. The number of carbonyl (C=O) groups excluding carboxylic acids is 2. The van der Waals surface area contributed by atoms with Gasteiger partial charge < -0.3 is 30.5 Å². The molecule has 2 aromatic carbocycles. The van der Waals surface area contributed by atoms with E-state index in [1.54, 1.807) is 6.92 Å². The van der Waals surface area contributed by atoms with Crippen molar-refractivity contribution in [3.8, 4) is 23.0 Å². The molecule has 0 spiro atoms. The molecule has 0 saturated heterocycles. The van der Waals surface area contributed by atoms with E-state index in [0.717, 1.165) is 0 Å². The highest BCUT2D eigenvalue weighted by atomic mass is 16.5. The lowest BCUT2D eigenvalue weighted by Crippen LogP contribution is -2.42. The van der Waals surface area contributed by atoms with E-state index in [1.807, 2.05) is 0 Å². The van der Waals surface area contributed by atoms with Crippen LogP contribution in [0.2, 0.25) is 0 Å². The standard InChI is InChI=1S/C20H21NO7/c1-2-28-20(27)14(9-13-4-7-16(23)18(25)11-13)21-19(26)8-5-12-3-6-15(22)17(24)10-12/h3-8,10-11,14,22-25H,2,9H2,1H3,(H,21,26)/b8-5+/t14-/m1/s1. The van der Waals surface area contributed by atoms with E-state index >= 15 is 0 Å². The molecular weight excluding hydrogens is 366 g/mol. The normalized spacial score (nSPS) is 11.9. The van der Waals surface area contributed by atoms with Crippen LogP contribution >= 0.6 is 0 Å². The second kappa shape index (κ2) is 9.31. The van der Waals surface area contributed by atoms with E-state index in [9.17, 15) is 30.0 Å². The number of carbonyl (C=O) groups is 2. The number of benzene rings is 2. The lowest BCUT2D eigenvalue weighted by molar-refractivity contribution is -0.146. The van der Waals surface area contributed by atoms with Crippen LogP contribution < -0.4 is 5.32 Å². The summed E-state index contributed by atoms with van der Waals surface area (Å²) in [7, 11) is 0. The molecule has 0 aliphatic carbocycles. The number of nitrogens with one attached hydrogen (secondary N) is 1. The molecule has 28 heavy (non-hydrogen) atoms. The first-order chi connectivity index (χ1) is 13.3. The van der Waals surface area contributed by atoms with Crippen LogP contribution in [0.15, 0.2) is 42.5 Å². The molecule has 1 amide bonds. The van der Waals surface area contributed by atoms with Gasteiger partial charge in [0.15, 0.2) is 23.0 Å². The van der Waals surface area contributed by atoms with Gasteiger partial charge >= 0.3 is 5.97 Å². The van der Waals surface area contributed by atoms with Gasteiger partial charge in [0.2, 0.25) is 5.91 Å². The maximum absolute atomic E-state index is 12.2. The molecule has 0 radical (unpaired) electrons. The Morgan fingerprint density at radius 2 is 1.64 bits per heavy atom. The number of hydrogen-bond donors (Lipinski definition) is 5. The van der Waals surface area contributed by atoms with Crippen molar-refractivity contribution in [2.45, 2.75) is 19.4 Å². The number of rotatable bonds is 7. The van der Waals surface area contributed by atoms with E-state index in [2.05, 4.69) is 5.32 Å². The first-order valence-electron chi connectivity index (χ1n) is 8.48. The fraction of sp³-hybridized carbons (Fsp3) is 0.200. The van der Waals surface area contributed by atoms with Crippen LogP contribution in [-0.4, -0.2) is 45.0 Å². The van der Waals surface area contributed by atoms with E-state index in [-0.39, 0.29) is 36.0 Å². The number of esters is 1. The van der Waals surface area contributed by atoms with Gasteiger partial charge in [0.1, 0.15) is 6.04 Å². The molecule has 0 bridgehead atoms. The number of phenols is 4. The Morgan fingerprint density at radius 1 is 1.00 bits per heavy atom. The molecule has 5 N–H and O–H groups in total. The van der Waals surface area contributed by atoms with Crippen LogP contribution in [0.1, 0.15) is 18.1 Å². The van der Waals surface area contributed by atoms with Crippen molar-refractivity contribution >= 4 is 18.0 Å². The molecule has 2 rings (SSSR count). The van der Waals surface area contributed by atoms with Gasteiger partial charge in [0, 0.05) is 12.5 Å². The van der Waals surface area contributed by atoms with Gasteiger partial charge in [-0.1, -0.05) is 12.1 Å². The average molecular weight is 387 g/mol. The third-order valence-corrected chi connectivity index (χ3v) is 3.79. The Bertz CT molecular complexity index is 892. The summed E-state index contributed by atoms with van der Waals surface area (Å²) in [6, 6.07) is 7.15. The van der Waals surface area contributed by atoms with Crippen molar-refractivity contribution in [3.63, 3.8) is 0 Å². The number of phenolic OH excluding ortho intramolecular Hbond substituents is 4. The predicted molar refractivity (Wildman–Crippen MR) is 101 cm³/mol. The van der Waals surface area contributed by atoms with Crippen LogP contribution in [0, 0.1) is 0 Å². The maximum atomic E-state index is 12.2. The quantitative estimate of drug-likeness (QED) is 0.278. The summed E-state index contributed by atoms with van der Waals surface area (Å²) in [6.07, 6.45) is 2.63. The predicted octanol–water partition coefficient (Wildman–Crippen LogP) is 1.81. The van der Waals surface area contributed by atoms with Gasteiger partial charge in [-0.2, -0.15) is 0 Å². The Labute approximate surface area is 161 Å². The first-order valence-corrected chi connectivity index (χ1v) is 8.48. The Morgan fingerprint density at radius 3 is 2.25 bits per heavy atom. The highest BCUT2D eigenvalue weighted by molar-refractivity contribution is 5.94. The third kappa shape index (κ3) is 5.66. The second-order valence-electron chi connectivity index (χ2n) is 5.92. The summed E-state index contributed by atoms with van der Waals surface area (Å²) in [5, 5.41) is 40.2. The molecule has 0 fully saturated rings. The number of amides is 1. The zero-order valence-corrected chi connectivity index (χ0v) is 15.1. The molecule has 0 aliphatic rings. The molecule has 2 aromatic rings. The highest BCUT2D eigenvalue weighted by Gasteiger charge is 2.22. The number of ether oxygens (including phenoxy) is 1. The van der Waals surface area contributed by atoms with Crippen molar-refractivity contribution in [2.24, 2.45) is 0 Å². The van der Waals surface area contributed by atoms with Crippen molar-refractivity contribution in [1.82, 2.24) is 5.32 Å². The summed E-state index contributed by atoms with van der Waals surface area (Å²) in [6.45, 7) is 1.77. The highest BCUT2D eigenvalue weighted by Crippen LogP contribution is 2.26. The lowest BCUT2D eigenvalue weighted by atomic mass is 10.0. The van der Waals surface area contributed by atoms with Crippen molar-refractivity contribution < 1.29 is 34.8 Å². The van der Waals surface area contributed by atoms with E-state index in [0.29, 0.717) is 11.1 Å². The SMILES string of the molecule is CCOC(=O)[C@@H](Cc1ccc(O)c(O)c1)NC(=O)/C=C/c1ccc(O)c(O)c1. The van der Waals surface area contributed by atoms with Crippen molar-refractivity contribution in [2.75, 3.05) is 6.61 Å². The zero-order chi connectivity index (χ0) is 20.7. The van der Waals surface area contributed by atoms with Crippen LogP contribution in [0.5, 0.6) is 23.0 Å². The van der Waals surface area contributed by atoms with Gasteiger partial charge in [-0.05, 0) is 48.4 Å². The third-order valence-electron chi connectivity index (χ3n) is 3.79. The van der Waals surface area contributed by atoms with Gasteiger partial charge in [-0.25, -0.2) is 4.79 Å². The van der Waals surface area contributed by atoms with Crippen LogP contribution in [-0.2, 0) is 20.7 Å². The van der Waals surface area contributed by atoms with Gasteiger partial charge in [-0.15, -0.1) is 0 Å². The molecule has 0 saturated carbocycles. The van der Waals surface area contributed by atoms with Crippen LogP contribution in [0.25, 0.3) is 6.08 Å². The fourth-order valence-corrected chi connectivity index (χ4v) is 2.40. The fourth-order valence-electron chi connectivity index (χ4n) is 2.40. The molecular formula is C20H21NO7. The van der Waals surface area contributed by atoms with Gasteiger partial charge in [0.25, 0.3) is 0 Å². The minimum atomic E-state index is -1.01. The van der Waals surface area contributed by atoms with Crippen LogP contribution in [0.4, 0.5) is 0 Å². The zero-order valence-electron chi connectivity index (χ0n) is 15.1. The van der Waals surface area contributed by atoms with Gasteiger partial charge in [0.05, 0.1) is 6.61 Å². The molecule has 0 aromatic heterocycles. The monoisotopic (exact) mass is 387 g/mol. The molecule has 0 unspecified atom stereocenters. The maximum Gasteiger partial charge on any atom is 0.328 e. The Hall–Kier alpha value is -3.68. The first kappa shape index (κ1) is 20.6. The van der Waals surface area contributed by atoms with Crippen LogP contribution in [0.3, 0.4) is 0 Å². The molecule has 0 aliphatic heterocycles. The van der Waals surface area contributed by atoms with E-state index in [1.165, 1.54) is 48.6 Å². The van der Waals surface area contributed by atoms with E-state index < -0.39 is 17.9 Å². The summed E-state index contributed by atoms with van der Waals surface area (Å²) in [5.74, 6) is -2.44. The number of hydrogen-bond acceptors (Lipinski definition) is 7. The molecule has 1 atom stereocenters. The van der Waals surface area contributed by atoms with Crippen molar-refractivity contribution in [3.05, 3.63) is 53.6 Å². The number of aromatic hydroxyl groups is 4. The van der Waals surface area contributed by atoms with Gasteiger partial charge in [-0.3, -0.25) is 4.79 Å². The topological polar surface area (TPSA) is 136 Å². The van der Waals surface area contributed by atoms with Crippen molar-refractivity contribution in [1.29, 1.82) is 0 Å². The summed E-state index contributed by atoms with van der Waals surface area (Å²) >= 11 is 0. The smallest absolute Gasteiger partial charge is 0.328 e. The summed E-state index contributed by atoms with van der Waals surface area (Å²) in [4.78, 5) is 24.3. The summed E-state index contributed by atoms with van der Waals surface area (Å²) in [5.41, 5.74) is 0.989. The Balaban J connectivity index is 2.11. The average Bonchev–Trinajstić information content (AvgIpc) is 2.65. The summed E-state index contributed by atoms with van der Waals surface area (Å²) < 4.78 is 4.97. The van der Waals surface area contributed by atoms with E-state index in [4.69, 9.17) is 4.74 Å². The largest absolute Gasteiger partial charge is 0.504 e. The molecule has 0 heterocycles.